The average molecular weight is 327 g/mol. The highest BCUT2D eigenvalue weighted by Crippen LogP contribution is 2.45. The maximum Gasteiger partial charge on any atom is 0.268 e. The van der Waals surface area contributed by atoms with E-state index in [0.29, 0.717) is 11.8 Å². The molecule has 0 radical (unpaired) electrons. The third-order valence-corrected chi connectivity index (χ3v) is 7.71. The first kappa shape index (κ1) is 16.5. The first-order valence-electron chi connectivity index (χ1n) is 9.20. The molecule has 0 heterocycles. The molecule has 3 nitrogen and oxygen atoms in total. The minimum Gasteiger partial charge on any atom is -0.285 e. The van der Waals surface area contributed by atoms with Crippen molar-refractivity contribution in [3.63, 3.8) is 0 Å². The van der Waals surface area contributed by atoms with Crippen LogP contribution >= 0.6 is 0 Å². The largest absolute Gasteiger partial charge is 0.285 e. The number of allylic oxidation sites excluding steroid dienone is 2. The van der Waals surface area contributed by atoms with Gasteiger partial charge in [-0.2, -0.15) is 8.42 Å². The van der Waals surface area contributed by atoms with Crippen LogP contribution in [-0.4, -0.2) is 18.2 Å². The van der Waals surface area contributed by atoms with Gasteiger partial charge in [0.05, 0.1) is 5.25 Å². The normalized spacial score (nSPS) is 35.6. The molecule has 0 spiro atoms. The zero-order chi connectivity index (χ0) is 15.6. The van der Waals surface area contributed by atoms with Gasteiger partial charge in [0.15, 0.2) is 0 Å². The predicted molar refractivity (Wildman–Crippen MR) is 89.2 cm³/mol. The Balaban J connectivity index is 1.85. The topological polar surface area (TPSA) is 54.4 Å². The van der Waals surface area contributed by atoms with Crippen LogP contribution in [0.5, 0.6) is 0 Å². The SMILES string of the molecule is O=S(=O)(O)C1C(C2CCCCC2)C=CCC1C1CCCCC1. The monoisotopic (exact) mass is 326 g/mol. The molecule has 0 aromatic carbocycles. The van der Waals surface area contributed by atoms with E-state index < -0.39 is 15.4 Å². The van der Waals surface area contributed by atoms with Crippen molar-refractivity contribution in [3.05, 3.63) is 12.2 Å². The fourth-order valence-corrected chi connectivity index (χ4v) is 6.79. The highest BCUT2D eigenvalue weighted by atomic mass is 32.2. The van der Waals surface area contributed by atoms with E-state index in [1.165, 1.54) is 38.5 Å². The summed E-state index contributed by atoms with van der Waals surface area (Å²) in [5, 5.41) is -0.552. The standard InChI is InChI=1S/C18H30O3S/c19-22(20,21)18-16(14-8-3-1-4-9-14)12-7-13-17(18)15-10-5-2-6-11-15/h7,12,14-18H,1-6,8-11,13H2,(H,19,20,21). The molecule has 0 amide bonds. The van der Waals surface area contributed by atoms with Crippen molar-refractivity contribution in [2.75, 3.05) is 0 Å². The highest BCUT2D eigenvalue weighted by molar-refractivity contribution is 7.86. The van der Waals surface area contributed by atoms with Gasteiger partial charge in [-0.15, -0.1) is 0 Å². The lowest BCUT2D eigenvalue weighted by Crippen LogP contribution is -2.44. The maximum atomic E-state index is 12.2. The first-order valence-corrected chi connectivity index (χ1v) is 10.7. The number of hydrogen-bond donors (Lipinski definition) is 1. The summed E-state index contributed by atoms with van der Waals surface area (Å²) in [5.74, 6) is 1.10. The van der Waals surface area contributed by atoms with Crippen LogP contribution in [0.3, 0.4) is 0 Å². The van der Waals surface area contributed by atoms with Crippen molar-refractivity contribution in [2.24, 2.45) is 23.7 Å². The third kappa shape index (κ3) is 3.59. The Labute approximate surface area is 135 Å². The van der Waals surface area contributed by atoms with Crippen molar-refractivity contribution < 1.29 is 13.0 Å². The van der Waals surface area contributed by atoms with Gasteiger partial charge in [0, 0.05) is 0 Å². The molecule has 126 valence electrons. The minimum absolute atomic E-state index is 0.0379. The van der Waals surface area contributed by atoms with E-state index in [-0.39, 0.29) is 11.8 Å². The zero-order valence-electron chi connectivity index (χ0n) is 13.5. The summed E-state index contributed by atoms with van der Waals surface area (Å²) in [7, 11) is -3.97. The molecule has 3 aliphatic carbocycles. The molecule has 0 aliphatic heterocycles. The molecule has 2 saturated carbocycles. The molecule has 3 rings (SSSR count). The van der Waals surface area contributed by atoms with E-state index in [4.69, 9.17) is 0 Å². The van der Waals surface area contributed by atoms with Gasteiger partial charge in [0.25, 0.3) is 10.1 Å². The van der Waals surface area contributed by atoms with Crippen molar-refractivity contribution in [2.45, 2.75) is 75.9 Å². The molecule has 3 atom stereocenters. The predicted octanol–water partition coefficient (Wildman–Crippen LogP) is 4.60. The average Bonchev–Trinajstić information content (AvgIpc) is 2.55. The van der Waals surface area contributed by atoms with Crippen LogP contribution in [-0.2, 0) is 10.1 Å². The van der Waals surface area contributed by atoms with Crippen LogP contribution < -0.4 is 0 Å². The molecule has 0 aromatic rings. The summed E-state index contributed by atoms with van der Waals surface area (Å²) in [5.41, 5.74) is 0. The molecule has 0 saturated heterocycles. The van der Waals surface area contributed by atoms with Gasteiger partial charge < -0.3 is 0 Å². The van der Waals surface area contributed by atoms with E-state index in [9.17, 15) is 13.0 Å². The Morgan fingerprint density at radius 3 is 1.91 bits per heavy atom. The third-order valence-electron chi connectivity index (χ3n) is 6.36. The van der Waals surface area contributed by atoms with Crippen LogP contribution in [0, 0.1) is 23.7 Å². The molecular formula is C18H30O3S. The summed E-state index contributed by atoms with van der Waals surface area (Å²) < 4.78 is 34.4. The van der Waals surface area contributed by atoms with Gasteiger partial charge in [-0.25, -0.2) is 0 Å². The Hall–Kier alpha value is -0.350. The summed E-state index contributed by atoms with van der Waals surface area (Å²) >= 11 is 0. The van der Waals surface area contributed by atoms with Gasteiger partial charge >= 0.3 is 0 Å². The Morgan fingerprint density at radius 2 is 1.36 bits per heavy atom. The van der Waals surface area contributed by atoms with Crippen molar-refractivity contribution in [1.82, 2.24) is 0 Å². The van der Waals surface area contributed by atoms with Gasteiger partial charge in [-0.1, -0.05) is 63.5 Å². The number of rotatable bonds is 3. The number of hydrogen-bond acceptors (Lipinski definition) is 2. The quantitative estimate of drug-likeness (QED) is 0.609. The van der Waals surface area contributed by atoms with Crippen LogP contribution in [0.2, 0.25) is 0 Å². The van der Waals surface area contributed by atoms with E-state index >= 15 is 0 Å². The molecule has 3 unspecified atom stereocenters. The summed E-state index contributed by atoms with van der Waals surface area (Å²) in [6, 6.07) is 0. The Kier molecular flexibility index (Phi) is 5.28. The minimum atomic E-state index is -3.97. The molecule has 4 heteroatoms. The molecule has 3 aliphatic rings. The van der Waals surface area contributed by atoms with Gasteiger partial charge in [-0.3, -0.25) is 4.55 Å². The van der Waals surface area contributed by atoms with Gasteiger partial charge in [0.1, 0.15) is 0 Å². The van der Waals surface area contributed by atoms with Gasteiger partial charge in [-0.05, 0) is 42.9 Å². The van der Waals surface area contributed by atoms with Crippen molar-refractivity contribution in [1.29, 1.82) is 0 Å². The van der Waals surface area contributed by atoms with Crippen LogP contribution in [0.15, 0.2) is 12.2 Å². The van der Waals surface area contributed by atoms with E-state index in [2.05, 4.69) is 12.2 Å². The highest BCUT2D eigenvalue weighted by Gasteiger charge is 2.45. The van der Waals surface area contributed by atoms with E-state index in [1.807, 2.05) is 0 Å². The second-order valence-corrected chi connectivity index (χ2v) is 9.26. The first-order chi connectivity index (χ1) is 10.6. The fourth-order valence-electron chi connectivity index (χ4n) is 5.31. The van der Waals surface area contributed by atoms with Crippen molar-refractivity contribution >= 4 is 10.1 Å². The lowest BCUT2D eigenvalue weighted by atomic mass is 9.67. The molecule has 2 fully saturated rings. The lowest BCUT2D eigenvalue weighted by Gasteiger charge is -2.42. The fraction of sp³-hybridized carbons (Fsp3) is 0.889. The molecule has 0 aromatic heterocycles. The maximum absolute atomic E-state index is 12.2. The van der Waals surface area contributed by atoms with Crippen LogP contribution in [0.4, 0.5) is 0 Å². The zero-order valence-corrected chi connectivity index (χ0v) is 14.3. The van der Waals surface area contributed by atoms with Gasteiger partial charge in [0.2, 0.25) is 0 Å². The summed E-state index contributed by atoms with van der Waals surface area (Å²) in [6.45, 7) is 0. The van der Waals surface area contributed by atoms with E-state index in [0.717, 1.165) is 32.1 Å². The van der Waals surface area contributed by atoms with Crippen LogP contribution in [0.25, 0.3) is 0 Å². The Morgan fingerprint density at radius 1 is 0.818 bits per heavy atom. The summed E-state index contributed by atoms with van der Waals surface area (Å²) in [4.78, 5) is 0. The molecule has 22 heavy (non-hydrogen) atoms. The molecule has 0 bridgehead atoms. The van der Waals surface area contributed by atoms with Crippen molar-refractivity contribution in [3.8, 4) is 0 Å². The van der Waals surface area contributed by atoms with Crippen LogP contribution in [0.1, 0.15) is 70.6 Å². The smallest absolute Gasteiger partial charge is 0.268 e. The lowest BCUT2D eigenvalue weighted by molar-refractivity contribution is 0.172. The second-order valence-electron chi connectivity index (χ2n) is 7.68. The van der Waals surface area contributed by atoms with E-state index in [1.54, 1.807) is 0 Å². The summed E-state index contributed by atoms with van der Waals surface area (Å²) in [6.07, 6.45) is 17.1. The second kappa shape index (κ2) is 7.04. The molecular weight excluding hydrogens is 296 g/mol. The molecule has 1 N–H and O–H groups in total. The Bertz CT molecular complexity index is 484.